The Morgan fingerprint density at radius 1 is 1.10 bits per heavy atom. The van der Waals surface area contributed by atoms with Crippen molar-refractivity contribution in [3.05, 3.63) is 29.8 Å². The molecule has 0 unspecified atom stereocenters. The highest BCUT2D eigenvalue weighted by Gasteiger charge is 2.31. The van der Waals surface area contributed by atoms with Gasteiger partial charge in [0, 0.05) is 34.7 Å². The molecule has 1 aromatic carbocycles. The quantitative estimate of drug-likeness (QED) is 0.632. The number of ether oxygens (including phenoxy) is 1. The summed E-state index contributed by atoms with van der Waals surface area (Å²) in [6.45, 7) is 0.379. The highest BCUT2D eigenvalue weighted by molar-refractivity contribution is 5.79. The maximum Gasteiger partial charge on any atom is 0.573 e. The summed E-state index contributed by atoms with van der Waals surface area (Å²) in [7, 11) is 7.44. The van der Waals surface area contributed by atoms with Gasteiger partial charge in [0.15, 0.2) is 5.96 Å². The normalized spacial score (nSPS) is 11.0. The van der Waals surface area contributed by atoms with E-state index in [0.29, 0.717) is 18.5 Å². The van der Waals surface area contributed by atoms with Crippen LogP contribution in [-0.4, -0.2) is 56.9 Å². The van der Waals surface area contributed by atoms with E-state index in [1.807, 2.05) is 38.0 Å². The number of hydrogen-bond acceptors (Lipinski definition) is 2. The van der Waals surface area contributed by atoms with E-state index in [1.165, 1.54) is 12.1 Å². The van der Waals surface area contributed by atoms with Crippen LogP contribution in [0, 0.1) is 0 Å². The van der Waals surface area contributed by atoms with Gasteiger partial charge in [-0.15, -0.1) is 13.2 Å². The monoisotopic (exact) mass is 303 g/mol. The molecule has 0 aromatic heterocycles. The first kappa shape index (κ1) is 17.1. The highest BCUT2D eigenvalue weighted by Crippen LogP contribution is 2.26. The van der Waals surface area contributed by atoms with Gasteiger partial charge in [-0.1, -0.05) is 18.2 Å². The van der Waals surface area contributed by atoms with Gasteiger partial charge in [0.05, 0.1) is 0 Å². The van der Waals surface area contributed by atoms with E-state index in [0.717, 1.165) is 5.96 Å². The molecule has 0 aliphatic heterocycles. The van der Waals surface area contributed by atoms with Gasteiger partial charge in [0.2, 0.25) is 0 Å². The predicted molar refractivity (Wildman–Crippen MR) is 76.5 cm³/mol. The van der Waals surface area contributed by atoms with Gasteiger partial charge in [-0.2, -0.15) is 0 Å². The Kier molecular flexibility index (Phi) is 5.87. The molecule has 1 rings (SSSR count). The first-order chi connectivity index (χ1) is 9.70. The largest absolute Gasteiger partial charge is 0.573 e. The molecule has 1 aromatic rings. The van der Waals surface area contributed by atoms with Crippen molar-refractivity contribution in [2.75, 3.05) is 34.7 Å². The maximum atomic E-state index is 12.3. The van der Waals surface area contributed by atoms with Crippen LogP contribution in [0.5, 0.6) is 5.75 Å². The second-order valence-corrected chi connectivity index (χ2v) is 4.88. The number of alkyl halides is 3. The molecule has 7 heteroatoms. The summed E-state index contributed by atoms with van der Waals surface area (Å²) < 4.78 is 41.0. The van der Waals surface area contributed by atoms with Gasteiger partial charge in [-0.05, 0) is 18.1 Å². The molecule has 21 heavy (non-hydrogen) atoms. The topological polar surface area (TPSA) is 28.1 Å². The second kappa shape index (κ2) is 7.19. The zero-order chi connectivity index (χ0) is 16.0. The number of nitrogens with zero attached hydrogens (tertiary/aromatic N) is 3. The van der Waals surface area contributed by atoms with Crippen LogP contribution in [0.1, 0.15) is 5.56 Å². The molecule has 0 spiro atoms. The van der Waals surface area contributed by atoms with E-state index in [1.54, 1.807) is 12.1 Å². The van der Waals surface area contributed by atoms with Gasteiger partial charge < -0.3 is 14.5 Å². The van der Waals surface area contributed by atoms with Crippen LogP contribution in [0.4, 0.5) is 13.2 Å². The van der Waals surface area contributed by atoms with E-state index in [2.05, 4.69) is 9.73 Å². The molecule has 0 atom stereocenters. The zero-order valence-electron chi connectivity index (χ0n) is 12.6. The number of hydrogen-bond donors (Lipinski definition) is 0. The van der Waals surface area contributed by atoms with Crippen molar-refractivity contribution in [1.29, 1.82) is 0 Å². The summed E-state index contributed by atoms with van der Waals surface area (Å²) in [4.78, 5) is 8.08. The summed E-state index contributed by atoms with van der Waals surface area (Å²) in [5.74, 6) is 0.584. The molecule has 0 aliphatic carbocycles. The lowest BCUT2D eigenvalue weighted by molar-refractivity contribution is -0.274. The van der Waals surface area contributed by atoms with Crippen LogP contribution in [0.25, 0.3) is 0 Å². The molecular weight excluding hydrogens is 283 g/mol. The van der Waals surface area contributed by atoms with Crippen molar-refractivity contribution in [3.63, 3.8) is 0 Å². The third-order valence-corrected chi connectivity index (χ3v) is 2.63. The van der Waals surface area contributed by atoms with Gasteiger partial charge in [-0.25, -0.2) is 0 Å². The smallest absolute Gasteiger partial charge is 0.406 e. The molecule has 0 bridgehead atoms. The third-order valence-electron chi connectivity index (χ3n) is 2.63. The lowest BCUT2D eigenvalue weighted by Gasteiger charge is -2.22. The van der Waals surface area contributed by atoms with Crippen molar-refractivity contribution in [1.82, 2.24) is 9.80 Å². The average Bonchev–Trinajstić information content (AvgIpc) is 2.33. The Labute approximate surface area is 122 Å². The van der Waals surface area contributed by atoms with Gasteiger partial charge in [0.25, 0.3) is 0 Å². The fraction of sp³-hybridized carbons (Fsp3) is 0.500. The minimum Gasteiger partial charge on any atom is -0.406 e. The molecular formula is C14H20F3N3O. The molecule has 0 N–H and O–H groups in total. The Hall–Kier alpha value is -1.92. The van der Waals surface area contributed by atoms with Gasteiger partial charge in [-0.3, -0.25) is 4.99 Å². The van der Waals surface area contributed by atoms with Crippen molar-refractivity contribution in [2.24, 2.45) is 4.99 Å². The van der Waals surface area contributed by atoms with Crippen LogP contribution in [0.15, 0.2) is 29.3 Å². The van der Waals surface area contributed by atoms with E-state index < -0.39 is 6.36 Å². The van der Waals surface area contributed by atoms with Crippen LogP contribution < -0.4 is 4.74 Å². The summed E-state index contributed by atoms with van der Waals surface area (Å²) in [6.07, 6.45) is -4.31. The molecule has 0 aliphatic rings. The highest BCUT2D eigenvalue weighted by atomic mass is 19.4. The van der Waals surface area contributed by atoms with E-state index >= 15 is 0 Å². The predicted octanol–water partition coefficient (Wildman–Crippen LogP) is 2.61. The second-order valence-electron chi connectivity index (χ2n) is 4.88. The molecule has 0 saturated carbocycles. The molecule has 0 fully saturated rings. The third kappa shape index (κ3) is 5.93. The number of aliphatic imine (C=N–C) groups is 1. The van der Waals surface area contributed by atoms with Crippen LogP contribution in [-0.2, 0) is 6.42 Å². The molecule has 0 saturated heterocycles. The Morgan fingerprint density at radius 2 is 1.67 bits per heavy atom. The summed E-state index contributed by atoms with van der Waals surface area (Å²) in [5, 5.41) is 0. The van der Waals surface area contributed by atoms with Crippen LogP contribution >= 0.6 is 0 Å². The molecule has 0 amide bonds. The number of para-hydroxylation sites is 1. The Morgan fingerprint density at radius 3 is 2.19 bits per heavy atom. The maximum absolute atomic E-state index is 12.3. The fourth-order valence-corrected chi connectivity index (χ4v) is 1.89. The number of benzene rings is 1. The molecule has 118 valence electrons. The standard InChI is InChI=1S/C14H20F3N3O/c1-19(2)13(20(3)4)18-10-9-11-7-5-6-8-12(11)21-14(15,16)17/h5-8H,9-10H2,1-4H3. The summed E-state index contributed by atoms with van der Waals surface area (Å²) >= 11 is 0. The van der Waals surface area contributed by atoms with Crippen molar-refractivity contribution < 1.29 is 17.9 Å². The van der Waals surface area contributed by atoms with Crippen molar-refractivity contribution in [2.45, 2.75) is 12.8 Å². The Bertz CT molecular complexity index is 475. The first-order valence-corrected chi connectivity index (χ1v) is 6.43. The number of guanidine groups is 1. The fourth-order valence-electron chi connectivity index (χ4n) is 1.89. The zero-order valence-corrected chi connectivity index (χ0v) is 12.6. The van der Waals surface area contributed by atoms with Crippen molar-refractivity contribution in [3.8, 4) is 5.75 Å². The minimum atomic E-state index is -4.68. The van der Waals surface area contributed by atoms with E-state index in [4.69, 9.17) is 0 Å². The lowest BCUT2D eigenvalue weighted by atomic mass is 10.1. The van der Waals surface area contributed by atoms with Crippen LogP contribution in [0.2, 0.25) is 0 Å². The van der Waals surface area contributed by atoms with E-state index in [-0.39, 0.29) is 5.75 Å². The van der Waals surface area contributed by atoms with Gasteiger partial charge >= 0.3 is 6.36 Å². The number of rotatable bonds is 4. The van der Waals surface area contributed by atoms with Crippen LogP contribution in [0.3, 0.4) is 0 Å². The van der Waals surface area contributed by atoms with Crippen molar-refractivity contribution >= 4 is 5.96 Å². The molecule has 4 nitrogen and oxygen atoms in total. The SMILES string of the molecule is CN(C)C(=NCCc1ccccc1OC(F)(F)F)N(C)C. The average molecular weight is 303 g/mol. The Balaban J connectivity index is 2.78. The summed E-state index contributed by atoms with van der Waals surface area (Å²) in [5.41, 5.74) is 0.482. The van der Waals surface area contributed by atoms with E-state index in [9.17, 15) is 13.2 Å². The summed E-state index contributed by atoms with van der Waals surface area (Å²) in [6, 6.07) is 6.12. The molecule has 0 heterocycles. The minimum absolute atomic E-state index is 0.170. The van der Waals surface area contributed by atoms with Gasteiger partial charge in [0.1, 0.15) is 5.75 Å². The first-order valence-electron chi connectivity index (χ1n) is 6.43. The molecule has 0 radical (unpaired) electrons. The lowest BCUT2D eigenvalue weighted by Crippen LogP contribution is -2.35. The number of halogens is 3.